The molecule has 0 saturated carbocycles. The molecule has 0 aromatic carbocycles. The van der Waals surface area contributed by atoms with Crippen LogP contribution >= 0.6 is 0 Å². The molecule has 0 heterocycles. The molecule has 62 valence electrons. The van der Waals surface area contributed by atoms with Gasteiger partial charge in [-0.25, -0.2) is 0 Å². The Morgan fingerprint density at radius 1 is 1.60 bits per heavy atom. The van der Waals surface area contributed by atoms with Crippen molar-refractivity contribution >= 4 is 5.97 Å². The van der Waals surface area contributed by atoms with Crippen LogP contribution in [0.5, 0.6) is 0 Å². The molecule has 0 radical (unpaired) electrons. The molecule has 0 fully saturated rings. The number of carbonyl (C=O) groups excluding carboxylic acids is 1. The average molecular weight is 147 g/mol. The predicted octanol–water partition coefficient (Wildman–Crippen LogP) is 0.795. The van der Waals surface area contributed by atoms with Crippen LogP contribution in [0.2, 0.25) is 0 Å². The summed E-state index contributed by atoms with van der Waals surface area (Å²) in [4.78, 5) is 10.5. The predicted molar refractivity (Wildman–Crippen MR) is 41.9 cm³/mol. The molecule has 0 unspecified atom stereocenters. The van der Waals surface area contributed by atoms with Crippen molar-refractivity contribution in [3.63, 3.8) is 0 Å². The second-order valence-electron chi connectivity index (χ2n) is 1.66. The summed E-state index contributed by atoms with van der Waals surface area (Å²) >= 11 is 0. The van der Waals surface area contributed by atoms with Gasteiger partial charge in [-0.15, -0.1) is 0 Å². The summed E-state index contributed by atoms with van der Waals surface area (Å²) in [5.41, 5.74) is 0. The normalized spacial score (nSPS) is 8.20. The van der Waals surface area contributed by atoms with Crippen LogP contribution < -0.4 is 5.32 Å². The van der Waals surface area contributed by atoms with Crippen LogP contribution in [-0.4, -0.2) is 26.2 Å². The molecule has 0 amide bonds. The van der Waals surface area contributed by atoms with E-state index in [-0.39, 0.29) is 13.4 Å². The summed E-state index contributed by atoms with van der Waals surface area (Å²) in [6, 6.07) is 0. The Bertz CT molecular complexity index is 83.7. The molecule has 0 aliphatic heterocycles. The van der Waals surface area contributed by atoms with E-state index in [2.05, 4.69) is 10.1 Å². The van der Waals surface area contributed by atoms with Gasteiger partial charge in [0.05, 0.1) is 13.0 Å². The highest BCUT2D eigenvalue weighted by Crippen LogP contribution is 1.82. The fraction of sp³-hybridized carbons (Fsp3) is 0.857. The third-order valence-corrected chi connectivity index (χ3v) is 0.884. The topological polar surface area (TPSA) is 38.3 Å². The van der Waals surface area contributed by atoms with Gasteiger partial charge in [-0.1, -0.05) is 7.43 Å². The first-order valence-electron chi connectivity index (χ1n) is 3.11. The summed E-state index contributed by atoms with van der Waals surface area (Å²) in [5.74, 6) is -0.133. The second kappa shape index (κ2) is 8.43. The molecule has 10 heavy (non-hydrogen) atoms. The molecular formula is C7H17NO2. The van der Waals surface area contributed by atoms with Gasteiger partial charge in [0.25, 0.3) is 0 Å². The van der Waals surface area contributed by atoms with Crippen molar-refractivity contribution in [1.29, 1.82) is 0 Å². The van der Waals surface area contributed by atoms with E-state index in [0.717, 1.165) is 0 Å². The zero-order chi connectivity index (χ0) is 7.11. The molecule has 0 bridgehead atoms. The van der Waals surface area contributed by atoms with E-state index in [1.54, 1.807) is 14.0 Å². The fourth-order valence-corrected chi connectivity index (χ4v) is 0.460. The molecule has 3 nitrogen and oxygen atoms in total. The molecule has 1 N–H and O–H groups in total. The first kappa shape index (κ1) is 12.1. The molecule has 0 aliphatic carbocycles. The van der Waals surface area contributed by atoms with Gasteiger partial charge >= 0.3 is 5.97 Å². The van der Waals surface area contributed by atoms with E-state index in [4.69, 9.17) is 0 Å². The zero-order valence-electron chi connectivity index (χ0n) is 5.94. The number of hydrogen-bond donors (Lipinski definition) is 1. The van der Waals surface area contributed by atoms with Crippen molar-refractivity contribution in [2.45, 2.75) is 20.8 Å². The van der Waals surface area contributed by atoms with Gasteiger partial charge < -0.3 is 10.1 Å². The van der Waals surface area contributed by atoms with E-state index >= 15 is 0 Å². The molecule has 0 aliphatic rings. The van der Waals surface area contributed by atoms with Crippen molar-refractivity contribution in [3.05, 3.63) is 0 Å². The highest BCUT2D eigenvalue weighted by molar-refractivity contribution is 5.69. The van der Waals surface area contributed by atoms with Gasteiger partial charge in [0.15, 0.2) is 0 Å². The van der Waals surface area contributed by atoms with Gasteiger partial charge in [-0.2, -0.15) is 0 Å². The Kier molecular flexibility index (Phi) is 10.2. The standard InChI is InChI=1S/C6H13NO2.CH4/c1-3-9-6(8)4-5-7-2;/h7H,3-5H2,1-2H3;1H4. The summed E-state index contributed by atoms with van der Waals surface area (Å²) in [7, 11) is 1.80. The van der Waals surface area contributed by atoms with Crippen LogP contribution in [-0.2, 0) is 9.53 Å². The molecule has 0 aromatic heterocycles. The van der Waals surface area contributed by atoms with Gasteiger partial charge in [0.1, 0.15) is 0 Å². The Morgan fingerprint density at radius 2 is 2.20 bits per heavy atom. The number of nitrogens with one attached hydrogen (secondary N) is 1. The lowest BCUT2D eigenvalue weighted by Gasteiger charge is -1.98. The maximum absolute atomic E-state index is 10.5. The van der Waals surface area contributed by atoms with Crippen LogP contribution in [0.3, 0.4) is 0 Å². The summed E-state index contributed by atoms with van der Waals surface area (Å²) in [6.45, 7) is 2.97. The smallest absolute Gasteiger partial charge is 0.307 e. The summed E-state index contributed by atoms with van der Waals surface area (Å²) in [5, 5.41) is 2.86. The fourth-order valence-electron chi connectivity index (χ4n) is 0.460. The van der Waals surface area contributed by atoms with Gasteiger partial charge in [-0.3, -0.25) is 4.79 Å². The second-order valence-corrected chi connectivity index (χ2v) is 1.66. The van der Waals surface area contributed by atoms with Crippen LogP contribution in [0.1, 0.15) is 20.8 Å². The third kappa shape index (κ3) is 7.43. The molecule has 0 spiro atoms. The average Bonchev–Trinajstić information content (AvgIpc) is 1.85. The summed E-state index contributed by atoms with van der Waals surface area (Å²) < 4.78 is 4.66. The Balaban J connectivity index is 0. The maximum Gasteiger partial charge on any atom is 0.307 e. The number of esters is 1. The minimum absolute atomic E-state index is 0. The molecule has 0 atom stereocenters. The molecule has 0 aromatic rings. The lowest BCUT2D eigenvalue weighted by Crippen LogP contribution is -2.14. The molecular weight excluding hydrogens is 130 g/mol. The lowest BCUT2D eigenvalue weighted by molar-refractivity contribution is -0.142. The first-order valence-corrected chi connectivity index (χ1v) is 3.11. The van der Waals surface area contributed by atoms with Crippen LogP contribution in [0.25, 0.3) is 0 Å². The lowest BCUT2D eigenvalue weighted by atomic mass is 10.4. The van der Waals surface area contributed by atoms with Crippen LogP contribution in [0.4, 0.5) is 0 Å². The molecule has 0 rings (SSSR count). The Morgan fingerprint density at radius 3 is 2.60 bits per heavy atom. The highest BCUT2D eigenvalue weighted by atomic mass is 16.5. The number of carbonyl (C=O) groups is 1. The van der Waals surface area contributed by atoms with Crippen molar-refractivity contribution in [1.82, 2.24) is 5.32 Å². The van der Waals surface area contributed by atoms with Gasteiger partial charge in [0.2, 0.25) is 0 Å². The SMILES string of the molecule is C.CCOC(=O)CCNC. The van der Waals surface area contributed by atoms with E-state index in [9.17, 15) is 4.79 Å². The van der Waals surface area contributed by atoms with Crippen LogP contribution in [0.15, 0.2) is 0 Å². The minimum atomic E-state index is -0.133. The van der Waals surface area contributed by atoms with Gasteiger partial charge in [0, 0.05) is 6.54 Å². The maximum atomic E-state index is 10.5. The summed E-state index contributed by atoms with van der Waals surface area (Å²) in [6.07, 6.45) is 0.463. The molecule has 0 saturated heterocycles. The molecule has 3 heteroatoms. The Labute approximate surface area is 62.8 Å². The Hall–Kier alpha value is -0.570. The van der Waals surface area contributed by atoms with E-state index < -0.39 is 0 Å². The van der Waals surface area contributed by atoms with Crippen molar-refractivity contribution in [3.8, 4) is 0 Å². The van der Waals surface area contributed by atoms with Crippen molar-refractivity contribution < 1.29 is 9.53 Å². The quantitative estimate of drug-likeness (QED) is 0.598. The first-order chi connectivity index (χ1) is 4.31. The van der Waals surface area contributed by atoms with Crippen LogP contribution in [0, 0.1) is 0 Å². The number of hydrogen-bond acceptors (Lipinski definition) is 3. The van der Waals surface area contributed by atoms with E-state index in [1.165, 1.54) is 0 Å². The largest absolute Gasteiger partial charge is 0.466 e. The minimum Gasteiger partial charge on any atom is -0.466 e. The zero-order valence-corrected chi connectivity index (χ0v) is 5.94. The van der Waals surface area contributed by atoms with Crippen molar-refractivity contribution in [2.24, 2.45) is 0 Å². The number of rotatable bonds is 4. The van der Waals surface area contributed by atoms with E-state index in [0.29, 0.717) is 19.6 Å². The van der Waals surface area contributed by atoms with E-state index in [1.807, 2.05) is 0 Å². The monoisotopic (exact) mass is 147 g/mol. The number of ether oxygens (including phenoxy) is 1. The third-order valence-electron chi connectivity index (χ3n) is 0.884. The highest BCUT2D eigenvalue weighted by Gasteiger charge is 1.97. The van der Waals surface area contributed by atoms with Gasteiger partial charge in [-0.05, 0) is 14.0 Å². The van der Waals surface area contributed by atoms with Crippen molar-refractivity contribution in [2.75, 3.05) is 20.2 Å².